The van der Waals surface area contributed by atoms with E-state index in [2.05, 4.69) is 9.47 Å². The van der Waals surface area contributed by atoms with Gasteiger partial charge < -0.3 is 19.1 Å². The minimum absolute atomic E-state index is 0.0177. The molecule has 2 aromatic heterocycles. The predicted molar refractivity (Wildman–Crippen MR) is 162 cm³/mol. The van der Waals surface area contributed by atoms with Crippen molar-refractivity contribution in [2.45, 2.75) is 51.0 Å². The first-order valence-corrected chi connectivity index (χ1v) is 15.1. The number of aromatic nitrogens is 3. The fraction of sp³-hybridized carbons (Fsp3) is 0.394. The number of fused-ring (bicyclic) bond motifs is 1. The molecule has 4 heterocycles. The average molecular weight is 618 g/mol. The molecule has 236 valence electrons. The highest BCUT2D eigenvalue weighted by Gasteiger charge is 2.26. The Morgan fingerprint density at radius 2 is 1.84 bits per heavy atom. The number of rotatable bonds is 11. The van der Waals surface area contributed by atoms with Crippen LogP contribution in [0.4, 0.5) is 4.39 Å². The number of carbonyl (C=O) groups is 2. The first-order chi connectivity index (χ1) is 21.8. The zero-order chi connectivity index (χ0) is 31.5. The van der Waals surface area contributed by atoms with Crippen LogP contribution in [-0.4, -0.2) is 81.4 Å². The van der Waals surface area contributed by atoms with Gasteiger partial charge in [-0.15, -0.1) is 0 Å². The van der Waals surface area contributed by atoms with E-state index in [4.69, 9.17) is 24.3 Å². The summed E-state index contributed by atoms with van der Waals surface area (Å²) in [6.07, 6.45) is 2.91. The first kappa shape index (κ1) is 30.6. The number of hydrogen-bond acceptors (Lipinski definition) is 8. The quantitative estimate of drug-likeness (QED) is 0.240. The Balaban J connectivity index is 1.08. The second-order valence-corrected chi connectivity index (χ2v) is 11.5. The van der Waals surface area contributed by atoms with Crippen LogP contribution in [0.1, 0.15) is 63.0 Å². The maximum Gasteiger partial charge on any atom is 0.335 e. The monoisotopic (exact) mass is 617 g/mol. The van der Waals surface area contributed by atoms with Crippen molar-refractivity contribution in [2.75, 3.05) is 33.9 Å². The van der Waals surface area contributed by atoms with Crippen molar-refractivity contribution in [3.05, 3.63) is 88.6 Å². The van der Waals surface area contributed by atoms with E-state index in [9.17, 15) is 19.1 Å². The van der Waals surface area contributed by atoms with Crippen LogP contribution in [0.25, 0.3) is 11.0 Å². The SMILES string of the molecule is CON(C)C(=O)c1ccc(COc2cccc(C3CCN(Cc4nc5ccc(C(=O)O)cc5n4C[C@@H]4CCO4)CC3)n2)c(F)c1. The number of amides is 1. The number of carboxylic acid groups (broad SMARTS) is 1. The summed E-state index contributed by atoms with van der Waals surface area (Å²) in [7, 11) is 2.83. The molecule has 4 aromatic rings. The highest BCUT2D eigenvalue weighted by molar-refractivity contribution is 5.93. The Bertz CT molecular complexity index is 1700. The molecule has 0 radical (unpaired) electrons. The molecule has 0 aliphatic carbocycles. The summed E-state index contributed by atoms with van der Waals surface area (Å²) in [4.78, 5) is 40.7. The number of ether oxygens (including phenoxy) is 2. The fourth-order valence-corrected chi connectivity index (χ4v) is 5.80. The van der Waals surface area contributed by atoms with Crippen LogP contribution in [0.5, 0.6) is 5.88 Å². The molecule has 1 atom stereocenters. The van der Waals surface area contributed by atoms with Gasteiger partial charge in [-0.25, -0.2) is 24.2 Å². The Morgan fingerprint density at radius 3 is 2.53 bits per heavy atom. The standard InChI is InChI=1S/C33H36FN5O6/c1-37(43-2)32(40)22-6-7-24(26(34)16-22)20-45-31-5-3-4-27(36-31)21-10-13-38(14-11-21)19-30-35-28-9-8-23(33(41)42)17-29(28)39(30)18-25-12-15-44-25/h3-9,16-17,21,25H,10-15,18-20H2,1-2H3,(H,41,42)/t25-/m0/s1. The van der Waals surface area contributed by atoms with E-state index >= 15 is 0 Å². The lowest BCUT2D eigenvalue weighted by Crippen LogP contribution is -2.35. The third-order valence-corrected chi connectivity index (χ3v) is 8.61. The fourth-order valence-electron chi connectivity index (χ4n) is 5.80. The Labute approximate surface area is 260 Å². The van der Waals surface area contributed by atoms with Crippen molar-refractivity contribution in [3.8, 4) is 5.88 Å². The Kier molecular flexibility index (Phi) is 9.06. The number of halogens is 1. The predicted octanol–water partition coefficient (Wildman–Crippen LogP) is 4.65. The number of nitrogens with zero attached hydrogens (tertiary/aromatic N) is 5. The number of aromatic carboxylic acids is 1. The minimum Gasteiger partial charge on any atom is -0.478 e. The molecule has 2 saturated heterocycles. The molecular formula is C33H36FN5O6. The van der Waals surface area contributed by atoms with Gasteiger partial charge >= 0.3 is 5.97 Å². The molecule has 12 heteroatoms. The number of benzene rings is 2. The van der Waals surface area contributed by atoms with E-state index in [-0.39, 0.29) is 29.8 Å². The van der Waals surface area contributed by atoms with Gasteiger partial charge in [-0.3, -0.25) is 14.5 Å². The second-order valence-electron chi connectivity index (χ2n) is 11.5. The zero-order valence-electron chi connectivity index (χ0n) is 25.3. The summed E-state index contributed by atoms with van der Waals surface area (Å²) < 4.78 is 28.4. The van der Waals surface area contributed by atoms with Crippen molar-refractivity contribution < 1.29 is 33.4 Å². The van der Waals surface area contributed by atoms with Crippen LogP contribution in [0.3, 0.4) is 0 Å². The lowest BCUT2D eigenvalue weighted by atomic mass is 9.93. The minimum atomic E-state index is -0.957. The van der Waals surface area contributed by atoms with Crippen LogP contribution in [0, 0.1) is 5.82 Å². The second kappa shape index (κ2) is 13.3. The average Bonchev–Trinajstić information content (AvgIpc) is 3.37. The molecule has 0 spiro atoms. The summed E-state index contributed by atoms with van der Waals surface area (Å²) in [5.74, 6) is -0.358. The van der Waals surface area contributed by atoms with Crippen LogP contribution in [0.2, 0.25) is 0 Å². The van der Waals surface area contributed by atoms with Gasteiger partial charge in [0.05, 0.1) is 42.9 Å². The smallest absolute Gasteiger partial charge is 0.335 e. The molecule has 0 unspecified atom stereocenters. The maximum absolute atomic E-state index is 14.7. The van der Waals surface area contributed by atoms with Gasteiger partial charge in [0.2, 0.25) is 5.88 Å². The number of hydrogen-bond donors (Lipinski definition) is 1. The lowest BCUT2D eigenvalue weighted by molar-refractivity contribution is -0.0757. The molecule has 6 rings (SSSR count). The molecule has 45 heavy (non-hydrogen) atoms. The molecule has 1 N–H and O–H groups in total. The van der Waals surface area contributed by atoms with Crippen molar-refractivity contribution in [1.29, 1.82) is 0 Å². The molecule has 2 aliphatic heterocycles. The molecule has 1 amide bonds. The summed E-state index contributed by atoms with van der Waals surface area (Å²) in [6, 6.07) is 15.0. The van der Waals surface area contributed by atoms with Gasteiger partial charge in [-0.1, -0.05) is 12.1 Å². The molecule has 0 bridgehead atoms. The van der Waals surface area contributed by atoms with Crippen LogP contribution >= 0.6 is 0 Å². The largest absolute Gasteiger partial charge is 0.478 e. The van der Waals surface area contributed by atoms with Crippen molar-refractivity contribution in [2.24, 2.45) is 0 Å². The number of carbonyl (C=O) groups excluding carboxylic acids is 1. The number of likely N-dealkylation sites (tertiary alicyclic amines) is 1. The van der Waals surface area contributed by atoms with E-state index in [1.54, 1.807) is 30.3 Å². The van der Waals surface area contributed by atoms with Crippen LogP contribution < -0.4 is 4.74 Å². The number of carboxylic acids is 1. The Hall–Kier alpha value is -4.39. The van der Waals surface area contributed by atoms with Crippen molar-refractivity contribution >= 4 is 22.9 Å². The normalized spacial score (nSPS) is 17.3. The van der Waals surface area contributed by atoms with Gasteiger partial charge in [-0.2, -0.15) is 0 Å². The first-order valence-electron chi connectivity index (χ1n) is 15.1. The third kappa shape index (κ3) is 6.82. The summed E-state index contributed by atoms with van der Waals surface area (Å²) in [6.45, 7) is 3.76. The molecule has 2 aromatic carbocycles. The topological polar surface area (TPSA) is 119 Å². The van der Waals surface area contributed by atoms with Crippen LogP contribution in [0.15, 0.2) is 54.6 Å². The zero-order valence-corrected chi connectivity index (χ0v) is 25.3. The number of piperidine rings is 1. The number of imidazole rings is 1. The van der Waals surface area contributed by atoms with Crippen molar-refractivity contribution in [3.63, 3.8) is 0 Å². The highest BCUT2D eigenvalue weighted by Crippen LogP contribution is 2.30. The van der Waals surface area contributed by atoms with Gasteiger partial charge in [0.1, 0.15) is 18.2 Å². The summed E-state index contributed by atoms with van der Waals surface area (Å²) >= 11 is 0. The van der Waals surface area contributed by atoms with Gasteiger partial charge in [0.25, 0.3) is 5.91 Å². The summed E-state index contributed by atoms with van der Waals surface area (Å²) in [5, 5.41) is 10.5. The van der Waals surface area contributed by atoms with E-state index in [0.29, 0.717) is 24.5 Å². The Morgan fingerprint density at radius 1 is 1.07 bits per heavy atom. The summed E-state index contributed by atoms with van der Waals surface area (Å²) in [5.41, 5.74) is 3.29. The maximum atomic E-state index is 14.7. The van der Waals surface area contributed by atoms with Crippen LogP contribution in [-0.2, 0) is 29.3 Å². The van der Waals surface area contributed by atoms with E-state index < -0.39 is 17.7 Å². The number of pyridine rings is 1. The molecule has 0 saturated carbocycles. The lowest BCUT2D eigenvalue weighted by Gasteiger charge is -2.32. The highest BCUT2D eigenvalue weighted by atomic mass is 19.1. The van der Waals surface area contributed by atoms with Gasteiger partial charge in [0, 0.05) is 42.5 Å². The molecule has 2 aliphatic rings. The molecule has 11 nitrogen and oxygen atoms in total. The van der Waals surface area contributed by atoms with Gasteiger partial charge in [-0.05, 0) is 68.8 Å². The van der Waals surface area contributed by atoms with E-state index in [1.165, 1.54) is 26.3 Å². The van der Waals surface area contributed by atoms with E-state index in [0.717, 1.165) is 66.6 Å². The third-order valence-electron chi connectivity index (χ3n) is 8.61. The van der Waals surface area contributed by atoms with Crippen molar-refractivity contribution in [1.82, 2.24) is 24.5 Å². The molecule has 2 fully saturated rings. The van der Waals surface area contributed by atoms with Gasteiger partial charge in [0.15, 0.2) is 0 Å². The number of hydroxylamine groups is 2. The van der Waals surface area contributed by atoms with E-state index in [1.807, 2.05) is 12.1 Å². The molecular weight excluding hydrogens is 581 g/mol.